The fourth-order valence-corrected chi connectivity index (χ4v) is 1.07. The van der Waals surface area contributed by atoms with E-state index in [9.17, 15) is 22.4 Å². The molecule has 0 aliphatic rings. The molecule has 0 aliphatic carbocycles. The van der Waals surface area contributed by atoms with Gasteiger partial charge in [-0.3, -0.25) is 9.63 Å². The van der Waals surface area contributed by atoms with Crippen LogP contribution in [0.5, 0.6) is 5.75 Å². The molecule has 106 valence electrons. The molecule has 0 bridgehead atoms. The molecule has 1 atom stereocenters. The molecule has 0 spiro atoms. The predicted molar refractivity (Wildman–Crippen MR) is 56.6 cm³/mol. The molecule has 1 rings (SSSR count). The Balaban J connectivity index is 2.41. The second-order valence-corrected chi connectivity index (χ2v) is 3.59. The second kappa shape index (κ2) is 6.37. The third-order valence-corrected chi connectivity index (χ3v) is 1.89. The van der Waals surface area contributed by atoms with E-state index >= 15 is 0 Å². The molecular weight excluding hydrogens is 270 g/mol. The van der Waals surface area contributed by atoms with Crippen LogP contribution < -0.4 is 10.2 Å². The van der Waals surface area contributed by atoms with Crippen LogP contribution in [-0.2, 0) is 9.63 Å². The number of benzene rings is 1. The minimum atomic E-state index is -4.54. The van der Waals surface area contributed by atoms with Crippen LogP contribution in [0.3, 0.4) is 0 Å². The largest absolute Gasteiger partial charge is 0.481 e. The van der Waals surface area contributed by atoms with Gasteiger partial charge in [0.05, 0.1) is 0 Å². The number of alkyl halides is 3. The molecular formula is C11H11F4NO3. The molecule has 0 heterocycles. The molecule has 0 radical (unpaired) electrons. The van der Waals surface area contributed by atoms with Gasteiger partial charge in [0.15, 0.2) is 12.7 Å². The van der Waals surface area contributed by atoms with Gasteiger partial charge in [0, 0.05) is 6.07 Å². The van der Waals surface area contributed by atoms with E-state index in [1.165, 1.54) is 25.1 Å². The molecule has 1 amide bonds. The van der Waals surface area contributed by atoms with Crippen molar-refractivity contribution < 1.29 is 31.9 Å². The molecule has 0 saturated carbocycles. The number of amides is 1. The van der Waals surface area contributed by atoms with Gasteiger partial charge in [-0.25, -0.2) is 9.87 Å². The van der Waals surface area contributed by atoms with Gasteiger partial charge in [-0.1, -0.05) is 6.07 Å². The maximum atomic E-state index is 12.8. The Hall–Kier alpha value is -1.83. The molecule has 0 fully saturated rings. The third kappa shape index (κ3) is 6.05. The number of hydrogen-bond donors (Lipinski definition) is 1. The highest BCUT2D eigenvalue weighted by Gasteiger charge is 2.28. The van der Waals surface area contributed by atoms with Crippen LogP contribution in [0.25, 0.3) is 0 Å². The highest BCUT2D eigenvalue weighted by Crippen LogP contribution is 2.15. The summed E-state index contributed by atoms with van der Waals surface area (Å²) in [6, 6.07) is 5.00. The van der Waals surface area contributed by atoms with Crippen LogP contribution in [0.15, 0.2) is 24.3 Å². The first kappa shape index (κ1) is 15.2. The summed E-state index contributed by atoms with van der Waals surface area (Å²) in [6.07, 6.45) is -5.67. The van der Waals surface area contributed by atoms with Crippen molar-refractivity contribution in [3.05, 3.63) is 30.1 Å². The van der Waals surface area contributed by atoms with E-state index in [0.29, 0.717) is 0 Å². The Labute approximate surface area is 106 Å². The van der Waals surface area contributed by atoms with Crippen LogP contribution in [0.4, 0.5) is 17.6 Å². The Morgan fingerprint density at radius 2 is 2.11 bits per heavy atom. The summed E-state index contributed by atoms with van der Waals surface area (Å²) in [5.41, 5.74) is 1.60. The summed E-state index contributed by atoms with van der Waals surface area (Å²) >= 11 is 0. The summed E-state index contributed by atoms with van der Waals surface area (Å²) < 4.78 is 53.1. The van der Waals surface area contributed by atoms with Crippen LogP contribution in [-0.4, -0.2) is 24.8 Å². The SMILES string of the molecule is CC(Oc1cccc(F)c1)C(=O)NOCC(F)(F)F. The van der Waals surface area contributed by atoms with Crippen molar-refractivity contribution in [1.82, 2.24) is 5.48 Å². The zero-order valence-corrected chi connectivity index (χ0v) is 9.83. The Bertz CT molecular complexity index is 436. The molecule has 0 saturated heterocycles. The summed E-state index contributed by atoms with van der Waals surface area (Å²) in [5.74, 6) is -1.38. The quantitative estimate of drug-likeness (QED) is 0.665. The smallest absolute Gasteiger partial charge is 0.414 e. The number of carbonyl (C=O) groups is 1. The molecule has 4 nitrogen and oxygen atoms in total. The standard InChI is InChI=1S/C11H11F4NO3/c1-7(10(17)16-18-6-11(13,14)15)19-9-4-2-3-8(12)5-9/h2-5,7H,6H2,1H3,(H,16,17). The van der Waals surface area contributed by atoms with E-state index in [1.54, 1.807) is 5.48 Å². The highest BCUT2D eigenvalue weighted by atomic mass is 19.4. The third-order valence-electron chi connectivity index (χ3n) is 1.89. The van der Waals surface area contributed by atoms with E-state index < -0.39 is 30.6 Å². The van der Waals surface area contributed by atoms with Crippen molar-refractivity contribution >= 4 is 5.91 Å². The summed E-state index contributed by atoms with van der Waals surface area (Å²) in [4.78, 5) is 15.3. The van der Waals surface area contributed by atoms with Gasteiger partial charge in [-0.15, -0.1) is 0 Å². The van der Waals surface area contributed by atoms with Crippen LogP contribution in [0.2, 0.25) is 0 Å². The number of rotatable bonds is 5. The van der Waals surface area contributed by atoms with Gasteiger partial charge in [0.2, 0.25) is 0 Å². The second-order valence-electron chi connectivity index (χ2n) is 3.59. The zero-order chi connectivity index (χ0) is 14.5. The van der Waals surface area contributed by atoms with E-state index in [2.05, 4.69) is 4.84 Å². The molecule has 1 aromatic carbocycles. The number of ether oxygens (including phenoxy) is 1. The summed E-state index contributed by atoms with van der Waals surface area (Å²) in [5, 5.41) is 0. The van der Waals surface area contributed by atoms with Crippen LogP contribution in [0, 0.1) is 5.82 Å². The minimum Gasteiger partial charge on any atom is -0.481 e. The predicted octanol–water partition coefficient (Wildman–Crippen LogP) is 2.20. The van der Waals surface area contributed by atoms with Crippen LogP contribution in [0.1, 0.15) is 6.92 Å². The minimum absolute atomic E-state index is 0.0819. The average molecular weight is 281 g/mol. The van der Waals surface area contributed by atoms with Gasteiger partial charge in [0.25, 0.3) is 5.91 Å². The van der Waals surface area contributed by atoms with Crippen molar-refractivity contribution in [3.63, 3.8) is 0 Å². The number of hydroxylamine groups is 1. The Morgan fingerprint density at radius 1 is 1.42 bits per heavy atom. The molecule has 0 aliphatic heterocycles. The van der Waals surface area contributed by atoms with E-state index in [4.69, 9.17) is 4.74 Å². The number of hydrogen-bond acceptors (Lipinski definition) is 3. The number of nitrogens with one attached hydrogen (secondary N) is 1. The Kier molecular flexibility index (Phi) is 5.11. The van der Waals surface area contributed by atoms with Crippen molar-refractivity contribution in [2.24, 2.45) is 0 Å². The van der Waals surface area contributed by atoms with Crippen molar-refractivity contribution in [2.45, 2.75) is 19.2 Å². The first-order chi connectivity index (χ1) is 8.78. The first-order valence-corrected chi connectivity index (χ1v) is 5.18. The highest BCUT2D eigenvalue weighted by molar-refractivity contribution is 5.79. The van der Waals surface area contributed by atoms with Gasteiger partial charge < -0.3 is 4.74 Å². The molecule has 1 aromatic rings. The number of carbonyl (C=O) groups excluding carboxylic acids is 1. The topological polar surface area (TPSA) is 47.6 Å². The fourth-order valence-electron chi connectivity index (χ4n) is 1.07. The fraction of sp³-hybridized carbons (Fsp3) is 0.364. The van der Waals surface area contributed by atoms with E-state index in [0.717, 1.165) is 6.07 Å². The maximum Gasteiger partial charge on any atom is 0.414 e. The zero-order valence-electron chi connectivity index (χ0n) is 9.83. The lowest BCUT2D eigenvalue weighted by Crippen LogP contribution is -2.38. The van der Waals surface area contributed by atoms with Gasteiger partial charge in [-0.2, -0.15) is 13.2 Å². The first-order valence-electron chi connectivity index (χ1n) is 5.18. The van der Waals surface area contributed by atoms with Crippen molar-refractivity contribution in [3.8, 4) is 5.75 Å². The monoisotopic (exact) mass is 281 g/mol. The Morgan fingerprint density at radius 3 is 2.68 bits per heavy atom. The average Bonchev–Trinajstić information content (AvgIpc) is 2.27. The van der Waals surface area contributed by atoms with E-state index in [1.807, 2.05) is 0 Å². The molecule has 1 N–H and O–H groups in total. The maximum absolute atomic E-state index is 12.8. The van der Waals surface area contributed by atoms with Crippen LogP contribution >= 0.6 is 0 Å². The molecule has 8 heteroatoms. The van der Waals surface area contributed by atoms with Gasteiger partial charge in [-0.05, 0) is 19.1 Å². The number of halogens is 4. The van der Waals surface area contributed by atoms with Gasteiger partial charge in [0.1, 0.15) is 11.6 Å². The van der Waals surface area contributed by atoms with Gasteiger partial charge >= 0.3 is 6.18 Å². The molecule has 19 heavy (non-hydrogen) atoms. The lowest BCUT2D eigenvalue weighted by molar-refractivity contribution is -0.193. The summed E-state index contributed by atoms with van der Waals surface area (Å²) in [7, 11) is 0. The summed E-state index contributed by atoms with van der Waals surface area (Å²) in [6.45, 7) is -0.317. The van der Waals surface area contributed by atoms with Crippen molar-refractivity contribution in [2.75, 3.05) is 6.61 Å². The molecule has 0 aromatic heterocycles. The lowest BCUT2D eigenvalue weighted by Gasteiger charge is -2.15. The van der Waals surface area contributed by atoms with Crippen molar-refractivity contribution in [1.29, 1.82) is 0 Å². The van der Waals surface area contributed by atoms with E-state index in [-0.39, 0.29) is 5.75 Å². The lowest BCUT2D eigenvalue weighted by atomic mass is 10.3. The molecule has 1 unspecified atom stereocenters. The normalized spacial score (nSPS) is 12.9.